The molecule has 0 fully saturated rings. The topological polar surface area (TPSA) is 60.3 Å². The molecule has 0 spiro atoms. The molecule has 0 aliphatic heterocycles. The number of azo groups is 1. The summed E-state index contributed by atoms with van der Waals surface area (Å²) >= 11 is 0. The Morgan fingerprint density at radius 3 is 1.82 bits per heavy atom. The van der Waals surface area contributed by atoms with Crippen molar-refractivity contribution in [1.29, 1.82) is 0 Å². The van der Waals surface area contributed by atoms with Gasteiger partial charge in [0.15, 0.2) is 0 Å². The van der Waals surface area contributed by atoms with Gasteiger partial charge in [-0.3, -0.25) is 4.79 Å². The Labute approximate surface area is 231 Å². The van der Waals surface area contributed by atoms with Crippen LogP contribution in [0.25, 0.3) is 0 Å². The molecule has 38 heavy (non-hydrogen) atoms. The van der Waals surface area contributed by atoms with Crippen molar-refractivity contribution in [2.24, 2.45) is 16.1 Å². The number of nitrogens with zero attached hydrogens (tertiary/aromatic N) is 2. The lowest BCUT2D eigenvalue weighted by Crippen LogP contribution is -2.14. The monoisotopic (exact) mass is 522 g/mol. The fraction of sp³-hybridized carbons (Fsp3) is 0.606. The smallest absolute Gasteiger partial charge is 0.308 e. The maximum atomic E-state index is 11.6. The molecule has 5 nitrogen and oxygen atoms in total. The lowest BCUT2D eigenvalue weighted by molar-refractivity contribution is -0.148. The second-order valence-corrected chi connectivity index (χ2v) is 10.3. The summed E-state index contributed by atoms with van der Waals surface area (Å²) in [6, 6.07) is 16.2. The summed E-state index contributed by atoms with van der Waals surface area (Å²) in [7, 11) is 0. The molecule has 0 bridgehead atoms. The number of ether oxygens (including phenoxy) is 2. The lowest BCUT2D eigenvalue weighted by Gasteiger charge is -2.09. The van der Waals surface area contributed by atoms with Gasteiger partial charge in [0, 0.05) is 0 Å². The number of hydrogen-bond donors (Lipinski definition) is 0. The minimum atomic E-state index is -0.0654. The van der Waals surface area contributed by atoms with Gasteiger partial charge in [-0.1, -0.05) is 90.7 Å². The summed E-state index contributed by atoms with van der Waals surface area (Å²) in [6.07, 6.45) is 16.5. The van der Waals surface area contributed by atoms with Gasteiger partial charge in [-0.05, 0) is 74.1 Å². The number of carbonyl (C=O) groups is 1. The molecule has 210 valence electrons. The van der Waals surface area contributed by atoms with Crippen LogP contribution >= 0.6 is 0 Å². The molecule has 1 atom stereocenters. The van der Waals surface area contributed by atoms with Crippen molar-refractivity contribution in [3.05, 3.63) is 54.1 Å². The second-order valence-electron chi connectivity index (χ2n) is 10.3. The highest BCUT2D eigenvalue weighted by atomic mass is 16.5. The van der Waals surface area contributed by atoms with E-state index in [1.54, 1.807) is 0 Å². The summed E-state index contributed by atoms with van der Waals surface area (Å²) in [5.41, 5.74) is 3.08. The Morgan fingerprint density at radius 1 is 0.684 bits per heavy atom. The molecule has 2 aromatic rings. The Balaban J connectivity index is 1.53. The number of esters is 1. The summed E-state index contributed by atoms with van der Waals surface area (Å²) in [4.78, 5) is 11.6. The molecule has 0 amide bonds. The van der Waals surface area contributed by atoms with Gasteiger partial charge in [0.25, 0.3) is 0 Å². The Kier molecular flexibility index (Phi) is 16.8. The van der Waals surface area contributed by atoms with Gasteiger partial charge in [0.05, 0.1) is 30.5 Å². The van der Waals surface area contributed by atoms with Crippen LogP contribution in [0.3, 0.4) is 0 Å². The van der Waals surface area contributed by atoms with Gasteiger partial charge in [-0.15, -0.1) is 0 Å². The van der Waals surface area contributed by atoms with Crippen LogP contribution in [-0.4, -0.2) is 19.2 Å². The summed E-state index contributed by atoms with van der Waals surface area (Å²) in [5.74, 6) is 0.813. The first-order chi connectivity index (χ1) is 18.6. The predicted octanol–water partition coefficient (Wildman–Crippen LogP) is 10.3. The minimum Gasteiger partial charge on any atom is -0.494 e. The Morgan fingerprint density at radius 2 is 1.21 bits per heavy atom. The Hall–Kier alpha value is -2.69. The van der Waals surface area contributed by atoms with Gasteiger partial charge in [-0.2, -0.15) is 10.2 Å². The quantitative estimate of drug-likeness (QED) is 0.0930. The highest BCUT2D eigenvalue weighted by molar-refractivity contribution is 5.71. The van der Waals surface area contributed by atoms with E-state index in [0.717, 1.165) is 62.3 Å². The zero-order valence-corrected chi connectivity index (χ0v) is 24.1. The van der Waals surface area contributed by atoms with Crippen LogP contribution in [0.4, 0.5) is 11.4 Å². The van der Waals surface area contributed by atoms with Crippen molar-refractivity contribution in [3.63, 3.8) is 0 Å². The normalized spacial score (nSPS) is 12.1. The van der Waals surface area contributed by atoms with Crippen LogP contribution in [0, 0.1) is 5.92 Å². The molecule has 2 aromatic carbocycles. The maximum Gasteiger partial charge on any atom is 0.308 e. The fourth-order valence-corrected chi connectivity index (χ4v) is 4.15. The number of rotatable bonds is 21. The maximum absolute atomic E-state index is 11.6. The number of unbranched alkanes of at least 4 members (excludes halogenated alkanes) is 10. The standard InChI is InChI=1S/C33H50N2O3/c1-4-6-7-8-11-14-17-29-18-20-30(21-19-29)34-35-31-22-24-32(25-23-31)37-26-15-12-9-10-13-16-27-38-33(36)28(3)5-2/h18-25,28H,4-17,26-27H2,1-3H3. The molecule has 0 N–H and O–H groups in total. The molecule has 2 rings (SSSR count). The molecule has 0 saturated heterocycles. The molecule has 0 heterocycles. The van der Waals surface area contributed by atoms with Crippen molar-refractivity contribution in [2.45, 2.75) is 111 Å². The van der Waals surface area contributed by atoms with Crippen molar-refractivity contribution in [1.82, 2.24) is 0 Å². The second kappa shape index (κ2) is 20.3. The molecule has 0 aliphatic carbocycles. The third-order valence-corrected chi connectivity index (χ3v) is 6.94. The van der Waals surface area contributed by atoms with Gasteiger partial charge < -0.3 is 9.47 Å². The van der Waals surface area contributed by atoms with E-state index in [4.69, 9.17) is 9.47 Å². The van der Waals surface area contributed by atoms with Gasteiger partial charge in [-0.25, -0.2) is 0 Å². The highest BCUT2D eigenvalue weighted by Gasteiger charge is 2.10. The van der Waals surface area contributed by atoms with Gasteiger partial charge in [0.2, 0.25) is 0 Å². The third kappa shape index (κ3) is 14.3. The van der Waals surface area contributed by atoms with Gasteiger partial charge >= 0.3 is 5.97 Å². The molecule has 0 aliphatic rings. The minimum absolute atomic E-state index is 0.0120. The van der Waals surface area contributed by atoms with Gasteiger partial charge in [0.1, 0.15) is 5.75 Å². The zero-order chi connectivity index (χ0) is 27.3. The van der Waals surface area contributed by atoms with E-state index in [1.807, 2.05) is 38.1 Å². The van der Waals surface area contributed by atoms with E-state index >= 15 is 0 Å². The van der Waals surface area contributed by atoms with Crippen molar-refractivity contribution in [3.8, 4) is 5.75 Å². The predicted molar refractivity (Wildman–Crippen MR) is 158 cm³/mol. The number of aryl methyl sites for hydroxylation is 1. The van der Waals surface area contributed by atoms with E-state index in [0.29, 0.717) is 6.61 Å². The fourth-order valence-electron chi connectivity index (χ4n) is 4.15. The largest absolute Gasteiger partial charge is 0.494 e. The van der Waals surface area contributed by atoms with Crippen LogP contribution in [0.5, 0.6) is 5.75 Å². The highest BCUT2D eigenvalue weighted by Crippen LogP contribution is 2.22. The van der Waals surface area contributed by atoms with E-state index in [9.17, 15) is 4.79 Å². The molecular weight excluding hydrogens is 472 g/mol. The molecule has 0 radical (unpaired) electrons. The average Bonchev–Trinajstić information content (AvgIpc) is 2.95. The first-order valence-corrected chi connectivity index (χ1v) is 15.0. The molecular formula is C33H50N2O3. The molecule has 0 aromatic heterocycles. The van der Waals surface area contributed by atoms with Crippen molar-refractivity contribution in [2.75, 3.05) is 13.2 Å². The molecule has 1 unspecified atom stereocenters. The van der Waals surface area contributed by atoms with E-state index < -0.39 is 0 Å². The SMILES string of the molecule is CCCCCCCCc1ccc(N=Nc2ccc(OCCCCCCCCOC(=O)C(C)CC)cc2)cc1. The van der Waals surface area contributed by atoms with Crippen LogP contribution in [0.15, 0.2) is 58.8 Å². The number of benzene rings is 2. The number of hydrogen-bond acceptors (Lipinski definition) is 5. The zero-order valence-electron chi connectivity index (χ0n) is 24.1. The van der Waals surface area contributed by atoms with E-state index in [1.165, 1.54) is 56.9 Å². The first kappa shape index (κ1) is 31.5. The summed E-state index contributed by atoms with van der Waals surface area (Å²) < 4.78 is 11.2. The molecule has 0 saturated carbocycles. The molecule has 5 heteroatoms. The van der Waals surface area contributed by atoms with Crippen molar-refractivity contribution < 1.29 is 14.3 Å². The summed E-state index contributed by atoms with van der Waals surface area (Å²) in [5, 5.41) is 8.75. The summed E-state index contributed by atoms with van der Waals surface area (Å²) in [6.45, 7) is 7.46. The van der Waals surface area contributed by atoms with Crippen LogP contribution in [0.1, 0.15) is 110 Å². The van der Waals surface area contributed by atoms with E-state index in [-0.39, 0.29) is 11.9 Å². The van der Waals surface area contributed by atoms with Crippen LogP contribution < -0.4 is 4.74 Å². The third-order valence-electron chi connectivity index (χ3n) is 6.94. The van der Waals surface area contributed by atoms with Crippen LogP contribution in [-0.2, 0) is 16.0 Å². The van der Waals surface area contributed by atoms with Crippen molar-refractivity contribution >= 4 is 17.3 Å². The average molecular weight is 523 g/mol. The number of carbonyl (C=O) groups excluding carboxylic acids is 1. The lowest BCUT2D eigenvalue weighted by atomic mass is 10.0. The van der Waals surface area contributed by atoms with Crippen LogP contribution in [0.2, 0.25) is 0 Å². The van der Waals surface area contributed by atoms with E-state index in [2.05, 4.69) is 41.4 Å². The Bertz CT molecular complexity index is 893. The first-order valence-electron chi connectivity index (χ1n) is 15.0.